The lowest BCUT2D eigenvalue weighted by molar-refractivity contribution is -0.121. The summed E-state index contributed by atoms with van der Waals surface area (Å²) in [6, 6.07) is 3.18. The van der Waals surface area contributed by atoms with Crippen LogP contribution in [0.15, 0.2) is 21.2 Å². The highest BCUT2D eigenvalue weighted by Gasteiger charge is 2.18. The van der Waals surface area contributed by atoms with Crippen molar-refractivity contribution < 1.29 is 14.0 Å². The summed E-state index contributed by atoms with van der Waals surface area (Å²) in [6.45, 7) is 2.93. The highest BCUT2D eigenvalue weighted by Crippen LogP contribution is 2.15. The van der Waals surface area contributed by atoms with Crippen LogP contribution in [-0.2, 0) is 4.79 Å². The van der Waals surface area contributed by atoms with E-state index >= 15 is 0 Å². The first-order chi connectivity index (χ1) is 8.93. The van der Waals surface area contributed by atoms with Crippen LogP contribution in [0.3, 0.4) is 0 Å². The average Bonchev–Trinajstić information content (AvgIpc) is 2.81. The zero-order valence-corrected chi connectivity index (χ0v) is 12.6. The minimum Gasteiger partial charge on any atom is -0.444 e. The van der Waals surface area contributed by atoms with Crippen molar-refractivity contribution in [2.75, 3.05) is 26.7 Å². The fourth-order valence-electron chi connectivity index (χ4n) is 1.33. The Hall–Kier alpha value is -1.34. The molecular weight excluding hydrogens is 314 g/mol. The molecule has 0 aliphatic carbocycles. The van der Waals surface area contributed by atoms with Gasteiger partial charge in [-0.1, -0.05) is 6.92 Å². The number of nitrogens with one attached hydrogen (secondary N) is 1. The van der Waals surface area contributed by atoms with Gasteiger partial charge in [0.15, 0.2) is 10.4 Å². The molecule has 1 aromatic rings. The number of furan rings is 1. The molecule has 0 bridgehead atoms. The van der Waals surface area contributed by atoms with E-state index in [0.717, 1.165) is 0 Å². The molecule has 1 aromatic heterocycles. The summed E-state index contributed by atoms with van der Waals surface area (Å²) in [5.41, 5.74) is 5.45. The van der Waals surface area contributed by atoms with Crippen molar-refractivity contribution in [3.05, 3.63) is 22.6 Å². The third kappa shape index (κ3) is 5.04. The van der Waals surface area contributed by atoms with E-state index in [1.54, 1.807) is 19.2 Å². The predicted molar refractivity (Wildman–Crippen MR) is 74.6 cm³/mol. The SMILES string of the molecule is CC(CN)CNC(=O)CN(C)C(=O)c1ccc(Br)o1. The highest BCUT2D eigenvalue weighted by molar-refractivity contribution is 9.10. The van der Waals surface area contributed by atoms with Crippen LogP contribution in [-0.4, -0.2) is 43.4 Å². The molecule has 0 saturated heterocycles. The van der Waals surface area contributed by atoms with Crippen molar-refractivity contribution >= 4 is 27.7 Å². The first-order valence-corrected chi connectivity index (χ1v) is 6.71. The Morgan fingerprint density at radius 3 is 2.74 bits per heavy atom. The van der Waals surface area contributed by atoms with Gasteiger partial charge in [-0.2, -0.15) is 0 Å². The number of carbonyl (C=O) groups is 2. The lowest BCUT2D eigenvalue weighted by Crippen LogP contribution is -2.40. The monoisotopic (exact) mass is 331 g/mol. The van der Waals surface area contributed by atoms with E-state index < -0.39 is 0 Å². The van der Waals surface area contributed by atoms with Crippen LogP contribution >= 0.6 is 15.9 Å². The van der Waals surface area contributed by atoms with Crippen LogP contribution in [0.2, 0.25) is 0 Å². The number of hydrogen-bond donors (Lipinski definition) is 2. The number of carbonyl (C=O) groups excluding carboxylic acids is 2. The molecule has 7 heteroatoms. The fourth-order valence-corrected chi connectivity index (χ4v) is 1.64. The van der Waals surface area contributed by atoms with E-state index in [1.165, 1.54) is 4.90 Å². The molecule has 3 N–H and O–H groups in total. The second-order valence-corrected chi connectivity index (χ2v) is 5.19. The Bertz CT molecular complexity index is 447. The fraction of sp³-hybridized carbons (Fsp3) is 0.500. The number of nitrogens with zero attached hydrogens (tertiary/aromatic N) is 1. The Morgan fingerprint density at radius 1 is 1.53 bits per heavy atom. The molecule has 6 nitrogen and oxygen atoms in total. The van der Waals surface area contributed by atoms with Crippen LogP contribution in [0.1, 0.15) is 17.5 Å². The summed E-state index contributed by atoms with van der Waals surface area (Å²) < 4.78 is 5.62. The number of hydrogen-bond acceptors (Lipinski definition) is 4. The molecule has 2 amide bonds. The van der Waals surface area contributed by atoms with Crippen LogP contribution in [0.25, 0.3) is 0 Å². The largest absolute Gasteiger partial charge is 0.444 e. The summed E-state index contributed by atoms with van der Waals surface area (Å²) in [5.74, 6) is -0.155. The van der Waals surface area contributed by atoms with Crippen molar-refractivity contribution in [3.8, 4) is 0 Å². The standard InChI is InChI=1S/C12H18BrN3O3/c1-8(5-14)6-15-11(17)7-16(2)12(18)9-3-4-10(13)19-9/h3-4,8H,5-7,14H2,1-2H3,(H,15,17). The predicted octanol–water partition coefficient (Wildman–Crippen LogP) is 0.825. The molecule has 1 heterocycles. The normalized spacial score (nSPS) is 12.0. The van der Waals surface area contributed by atoms with Crippen LogP contribution < -0.4 is 11.1 Å². The van der Waals surface area contributed by atoms with Gasteiger partial charge in [-0.05, 0) is 40.5 Å². The third-order valence-corrected chi connectivity index (χ3v) is 2.99. The smallest absolute Gasteiger partial charge is 0.289 e. The van der Waals surface area contributed by atoms with Gasteiger partial charge in [-0.15, -0.1) is 0 Å². The first-order valence-electron chi connectivity index (χ1n) is 5.91. The van der Waals surface area contributed by atoms with Gasteiger partial charge in [0.1, 0.15) is 0 Å². The van der Waals surface area contributed by atoms with Crippen LogP contribution in [0.5, 0.6) is 0 Å². The highest BCUT2D eigenvalue weighted by atomic mass is 79.9. The minimum absolute atomic E-state index is 0.0194. The number of nitrogens with two attached hydrogens (primary N) is 1. The Kier molecular flexibility index (Phi) is 6.04. The molecule has 0 aliphatic rings. The number of halogens is 1. The summed E-state index contributed by atoms with van der Waals surface area (Å²) in [4.78, 5) is 24.8. The molecule has 19 heavy (non-hydrogen) atoms. The second-order valence-electron chi connectivity index (χ2n) is 4.41. The number of rotatable bonds is 6. The number of likely N-dealkylation sites (N-methyl/N-ethyl adjacent to an activating group) is 1. The van der Waals surface area contributed by atoms with E-state index in [0.29, 0.717) is 17.8 Å². The molecular formula is C12H18BrN3O3. The lowest BCUT2D eigenvalue weighted by atomic mass is 10.2. The van der Waals surface area contributed by atoms with Gasteiger partial charge in [0.05, 0.1) is 6.54 Å². The van der Waals surface area contributed by atoms with Crippen molar-refractivity contribution in [2.24, 2.45) is 11.7 Å². The van der Waals surface area contributed by atoms with Gasteiger partial charge in [-0.3, -0.25) is 9.59 Å². The van der Waals surface area contributed by atoms with Crippen molar-refractivity contribution in [3.63, 3.8) is 0 Å². The number of amides is 2. The zero-order chi connectivity index (χ0) is 14.4. The third-order valence-electron chi connectivity index (χ3n) is 2.56. The van der Waals surface area contributed by atoms with Crippen LogP contribution in [0, 0.1) is 5.92 Å². The quantitative estimate of drug-likeness (QED) is 0.807. The minimum atomic E-state index is -0.340. The van der Waals surface area contributed by atoms with Crippen molar-refractivity contribution in [1.82, 2.24) is 10.2 Å². The molecule has 0 aliphatic heterocycles. The molecule has 1 rings (SSSR count). The Morgan fingerprint density at radius 2 is 2.21 bits per heavy atom. The van der Waals surface area contributed by atoms with E-state index in [-0.39, 0.29) is 30.0 Å². The molecule has 106 valence electrons. The summed E-state index contributed by atoms with van der Waals surface area (Å²) in [6.07, 6.45) is 0. The van der Waals surface area contributed by atoms with Gasteiger partial charge >= 0.3 is 0 Å². The van der Waals surface area contributed by atoms with Crippen molar-refractivity contribution in [1.29, 1.82) is 0 Å². The maximum atomic E-state index is 11.9. The Labute approximate surface area is 120 Å². The summed E-state index contributed by atoms with van der Waals surface area (Å²) >= 11 is 3.12. The van der Waals surface area contributed by atoms with Gasteiger partial charge in [0, 0.05) is 13.6 Å². The second kappa shape index (κ2) is 7.30. The van der Waals surface area contributed by atoms with Gasteiger partial charge in [0.2, 0.25) is 5.91 Å². The summed E-state index contributed by atoms with van der Waals surface area (Å²) in [7, 11) is 1.55. The van der Waals surface area contributed by atoms with E-state index in [9.17, 15) is 9.59 Å². The molecule has 0 spiro atoms. The molecule has 1 atom stereocenters. The zero-order valence-electron chi connectivity index (χ0n) is 11.0. The first kappa shape index (κ1) is 15.7. The Balaban J connectivity index is 2.44. The van der Waals surface area contributed by atoms with E-state index in [4.69, 9.17) is 10.2 Å². The maximum Gasteiger partial charge on any atom is 0.289 e. The molecule has 1 unspecified atom stereocenters. The topological polar surface area (TPSA) is 88.6 Å². The lowest BCUT2D eigenvalue weighted by Gasteiger charge is -2.16. The van der Waals surface area contributed by atoms with Crippen LogP contribution in [0.4, 0.5) is 0 Å². The molecule has 0 aromatic carbocycles. The average molecular weight is 332 g/mol. The van der Waals surface area contributed by atoms with Gasteiger partial charge in [0.25, 0.3) is 5.91 Å². The van der Waals surface area contributed by atoms with Gasteiger partial charge < -0.3 is 20.4 Å². The molecule has 0 saturated carbocycles. The maximum absolute atomic E-state index is 11.9. The van der Waals surface area contributed by atoms with E-state index in [1.807, 2.05) is 6.92 Å². The van der Waals surface area contributed by atoms with Crippen molar-refractivity contribution in [2.45, 2.75) is 6.92 Å². The van der Waals surface area contributed by atoms with Gasteiger partial charge in [-0.25, -0.2) is 0 Å². The van der Waals surface area contributed by atoms with E-state index in [2.05, 4.69) is 21.2 Å². The summed E-state index contributed by atoms with van der Waals surface area (Å²) in [5, 5.41) is 2.72. The molecule has 0 fully saturated rings. The molecule has 0 radical (unpaired) electrons.